The highest BCUT2D eigenvalue weighted by Gasteiger charge is 2.43. The standard InChI is InChI=1S/C24H30ClN3O2/c1-16(29)28(24(2,3)4)27-22(18-10-12-20(25)13-11-18)15-19(14-21(26)23(27)30)17-8-6-5-7-9-17/h5-13,19,21-22H,14-15,26H2,1-4H3. The molecule has 0 aliphatic carbocycles. The number of rotatable bonds is 3. The summed E-state index contributed by atoms with van der Waals surface area (Å²) in [5, 5.41) is 3.78. The minimum atomic E-state index is -0.697. The number of hydrazine groups is 1. The average molecular weight is 428 g/mol. The molecule has 2 amide bonds. The SMILES string of the molecule is CC(=O)N(N1C(=O)C(N)CC(c2ccccc2)CC1c1ccc(Cl)cc1)C(C)(C)C. The van der Waals surface area contributed by atoms with E-state index in [1.807, 2.05) is 63.2 Å². The van der Waals surface area contributed by atoms with Crippen molar-refractivity contribution in [1.29, 1.82) is 0 Å². The molecule has 2 aromatic rings. The molecule has 1 aliphatic heterocycles. The number of halogens is 1. The first kappa shape index (κ1) is 22.3. The van der Waals surface area contributed by atoms with E-state index in [1.54, 1.807) is 10.0 Å². The van der Waals surface area contributed by atoms with Gasteiger partial charge in [0.2, 0.25) is 5.91 Å². The van der Waals surface area contributed by atoms with Gasteiger partial charge in [-0.15, -0.1) is 0 Å². The Morgan fingerprint density at radius 2 is 1.63 bits per heavy atom. The lowest BCUT2D eigenvalue weighted by molar-refractivity contribution is -0.181. The lowest BCUT2D eigenvalue weighted by Gasteiger charge is -2.46. The van der Waals surface area contributed by atoms with Gasteiger partial charge in [0.15, 0.2) is 0 Å². The summed E-state index contributed by atoms with van der Waals surface area (Å²) in [6.45, 7) is 7.26. The molecule has 1 aliphatic rings. The van der Waals surface area contributed by atoms with Gasteiger partial charge in [0.25, 0.3) is 5.91 Å². The third-order valence-corrected chi connectivity index (χ3v) is 5.81. The van der Waals surface area contributed by atoms with E-state index in [2.05, 4.69) is 12.1 Å². The van der Waals surface area contributed by atoms with Gasteiger partial charge in [0.1, 0.15) is 0 Å². The summed E-state index contributed by atoms with van der Waals surface area (Å²) in [6.07, 6.45) is 1.18. The van der Waals surface area contributed by atoms with Gasteiger partial charge in [-0.05, 0) is 62.8 Å². The van der Waals surface area contributed by atoms with Crippen LogP contribution in [0.25, 0.3) is 0 Å². The molecule has 0 aromatic heterocycles. The minimum absolute atomic E-state index is 0.0876. The van der Waals surface area contributed by atoms with E-state index in [1.165, 1.54) is 6.92 Å². The highest BCUT2D eigenvalue weighted by molar-refractivity contribution is 6.30. The fraction of sp³-hybridized carbons (Fsp3) is 0.417. The Morgan fingerprint density at radius 3 is 2.17 bits per heavy atom. The van der Waals surface area contributed by atoms with Crippen molar-refractivity contribution in [3.05, 3.63) is 70.7 Å². The molecule has 160 valence electrons. The van der Waals surface area contributed by atoms with Crippen LogP contribution in [-0.4, -0.2) is 33.4 Å². The maximum absolute atomic E-state index is 13.5. The van der Waals surface area contributed by atoms with E-state index in [0.29, 0.717) is 17.9 Å². The molecule has 6 heteroatoms. The van der Waals surface area contributed by atoms with Crippen LogP contribution in [0.2, 0.25) is 5.02 Å². The van der Waals surface area contributed by atoms with Crippen LogP contribution >= 0.6 is 11.6 Å². The number of amides is 2. The van der Waals surface area contributed by atoms with Gasteiger partial charge in [-0.2, -0.15) is 0 Å². The Morgan fingerprint density at radius 1 is 1.03 bits per heavy atom. The Kier molecular flexibility index (Phi) is 6.53. The number of carbonyl (C=O) groups excluding carboxylic acids is 2. The molecule has 3 atom stereocenters. The van der Waals surface area contributed by atoms with Crippen molar-refractivity contribution in [2.75, 3.05) is 0 Å². The monoisotopic (exact) mass is 427 g/mol. The number of nitrogens with two attached hydrogens (primary N) is 1. The van der Waals surface area contributed by atoms with Crippen LogP contribution in [0.5, 0.6) is 0 Å². The van der Waals surface area contributed by atoms with E-state index >= 15 is 0 Å². The van der Waals surface area contributed by atoms with E-state index < -0.39 is 11.6 Å². The first-order valence-corrected chi connectivity index (χ1v) is 10.7. The molecule has 0 bridgehead atoms. The number of carbonyl (C=O) groups is 2. The molecule has 3 unspecified atom stereocenters. The largest absolute Gasteiger partial charge is 0.320 e. The third-order valence-electron chi connectivity index (χ3n) is 5.56. The van der Waals surface area contributed by atoms with Crippen molar-refractivity contribution in [3.63, 3.8) is 0 Å². The molecule has 2 N–H and O–H groups in total. The van der Waals surface area contributed by atoms with E-state index in [0.717, 1.165) is 11.1 Å². The fourth-order valence-corrected chi connectivity index (χ4v) is 4.47. The molecule has 1 fully saturated rings. The Labute approximate surface area is 183 Å². The van der Waals surface area contributed by atoms with Crippen molar-refractivity contribution in [1.82, 2.24) is 10.0 Å². The van der Waals surface area contributed by atoms with Crippen LogP contribution in [0.1, 0.15) is 63.6 Å². The van der Waals surface area contributed by atoms with Gasteiger partial charge in [-0.25, -0.2) is 10.0 Å². The molecular weight excluding hydrogens is 398 g/mol. The van der Waals surface area contributed by atoms with Crippen LogP contribution in [0.3, 0.4) is 0 Å². The van der Waals surface area contributed by atoms with Crippen molar-refractivity contribution >= 4 is 23.4 Å². The normalized spacial score (nSPS) is 22.5. The third kappa shape index (κ3) is 4.68. The van der Waals surface area contributed by atoms with Gasteiger partial charge in [0.05, 0.1) is 17.6 Å². The molecule has 1 heterocycles. The molecule has 0 spiro atoms. The zero-order valence-electron chi connectivity index (χ0n) is 18.0. The Hall–Kier alpha value is -2.37. The molecule has 0 radical (unpaired) electrons. The first-order chi connectivity index (χ1) is 14.1. The highest BCUT2D eigenvalue weighted by atomic mass is 35.5. The predicted octanol–water partition coefficient (Wildman–Crippen LogP) is 4.68. The Bertz CT molecular complexity index is 893. The fourth-order valence-electron chi connectivity index (χ4n) is 4.34. The second-order valence-electron chi connectivity index (χ2n) is 8.94. The summed E-state index contributed by atoms with van der Waals surface area (Å²) in [6, 6.07) is 16.6. The van der Waals surface area contributed by atoms with Crippen LogP contribution in [0, 0.1) is 0 Å². The number of hydrogen-bond acceptors (Lipinski definition) is 3. The summed E-state index contributed by atoms with van der Waals surface area (Å²) in [7, 11) is 0. The second kappa shape index (κ2) is 8.78. The zero-order chi connectivity index (χ0) is 22.1. The van der Waals surface area contributed by atoms with Crippen molar-refractivity contribution < 1.29 is 9.59 Å². The average Bonchev–Trinajstić information content (AvgIpc) is 2.80. The van der Waals surface area contributed by atoms with Crippen molar-refractivity contribution in [2.45, 2.75) is 64.1 Å². The quantitative estimate of drug-likeness (QED) is 0.773. The van der Waals surface area contributed by atoms with Crippen LogP contribution < -0.4 is 5.73 Å². The number of benzene rings is 2. The van der Waals surface area contributed by atoms with Gasteiger partial charge in [0, 0.05) is 11.9 Å². The van der Waals surface area contributed by atoms with Crippen molar-refractivity contribution in [2.24, 2.45) is 5.73 Å². The molecule has 1 saturated heterocycles. The maximum Gasteiger partial charge on any atom is 0.258 e. The molecular formula is C24H30ClN3O2. The van der Waals surface area contributed by atoms with E-state index in [-0.39, 0.29) is 23.8 Å². The summed E-state index contributed by atoms with van der Waals surface area (Å²) in [5.74, 6) is -0.344. The maximum atomic E-state index is 13.5. The summed E-state index contributed by atoms with van der Waals surface area (Å²) < 4.78 is 0. The summed E-state index contributed by atoms with van der Waals surface area (Å²) in [4.78, 5) is 26.3. The summed E-state index contributed by atoms with van der Waals surface area (Å²) >= 11 is 6.12. The summed E-state index contributed by atoms with van der Waals surface area (Å²) in [5.41, 5.74) is 7.88. The molecule has 0 saturated carbocycles. The van der Waals surface area contributed by atoms with E-state index in [4.69, 9.17) is 17.3 Å². The van der Waals surface area contributed by atoms with Gasteiger partial charge >= 0.3 is 0 Å². The van der Waals surface area contributed by atoms with Crippen LogP contribution in [0.4, 0.5) is 0 Å². The van der Waals surface area contributed by atoms with E-state index in [9.17, 15) is 9.59 Å². The molecule has 5 nitrogen and oxygen atoms in total. The lowest BCUT2D eigenvalue weighted by Crippen LogP contribution is -2.60. The topological polar surface area (TPSA) is 66.6 Å². The van der Waals surface area contributed by atoms with Crippen molar-refractivity contribution in [3.8, 4) is 0 Å². The Balaban J connectivity index is 2.15. The van der Waals surface area contributed by atoms with Gasteiger partial charge in [-0.1, -0.05) is 54.1 Å². The highest BCUT2D eigenvalue weighted by Crippen LogP contribution is 2.41. The molecule has 30 heavy (non-hydrogen) atoms. The minimum Gasteiger partial charge on any atom is -0.320 e. The molecule has 2 aromatic carbocycles. The molecule has 3 rings (SSSR count). The zero-order valence-corrected chi connectivity index (χ0v) is 18.8. The van der Waals surface area contributed by atoms with Crippen LogP contribution in [-0.2, 0) is 9.59 Å². The first-order valence-electron chi connectivity index (χ1n) is 10.3. The lowest BCUT2D eigenvalue weighted by atomic mass is 9.86. The predicted molar refractivity (Wildman–Crippen MR) is 120 cm³/mol. The second-order valence-corrected chi connectivity index (χ2v) is 9.37. The van der Waals surface area contributed by atoms with Crippen LogP contribution in [0.15, 0.2) is 54.6 Å². The number of nitrogens with zero attached hydrogens (tertiary/aromatic N) is 2. The number of hydrogen-bond donors (Lipinski definition) is 1. The van der Waals surface area contributed by atoms with Gasteiger partial charge < -0.3 is 5.73 Å². The smallest absolute Gasteiger partial charge is 0.258 e. The van der Waals surface area contributed by atoms with Gasteiger partial charge in [-0.3, -0.25) is 9.59 Å².